The highest BCUT2D eigenvalue weighted by atomic mass is 16.4. The summed E-state index contributed by atoms with van der Waals surface area (Å²) in [5, 5.41) is 15.0. The average Bonchev–Trinajstić information content (AvgIpc) is 2.95. The molecule has 0 aromatic rings. The maximum Gasteiger partial charge on any atom is 0.315 e. The molecule has 0 aromatic heterocycles. The molecule has 4 atom stereocenters. The van der Waals surface area contributed by atoms with E-state index < -0.39 is 11.4 Å². The molecular formula is C13H22N2O3. The SMILES string of the molecule is CCC1CC1NC(=O)NC1CCCC1(C)C(=O)O. The zero-order chi connectivity index (χ0) is 13.3. The van der Waals surface area contributed by atoms with Crippen LogP contribution in [0.5, 0.6) is 0 Å². The van der Waals surface area contributed by atoms with Crippen LogP contribution in [-0.2, 0) is 4.79 Å². The molecule has 2 saturated carbocycles. The van der Waals surface area contributed by atoms with Crippen LogP contribution >= 0.6 is 0 Å². The minimum absolute atomic E-state index is 0.213. The van der Waals surface area contributed by atoms with Gasteiger partial charge in [0.25, 0.3) is 0 Å². The number of aliphatic carboxylic acids is 1. The van der Waals surface area contributed by atoms with Crippen LogP contribution in [0, 0.1) is 11.3 Å². The van der Waals surface area contributed by atoms with Gasteiger partial charge >= 0.3 is 12.0 Å². The van der Waals surface area contributed by atoms with Gasteiger partial charge in [-0.25, -0.2) is 4.79 Å². The Morgan fingerprint density at radius 2 is 2.11 bits per heavy atom. The Balaban J connectivity index is 1.85. The van der Waals surface area contributed by atoms with Crippen molar-refractivity contribution in [1.82, 2.24) is 10.6 Å². The molecule has 0 aromatic carbocycles. The summed E-state index contributed by atoms with van der Waals surface area (Å²) in [7, 11) is 0. The van der Waals surface area contributed by atoms with Gasteiger partial charge in [0.1, 0.15) is 0 Å². The summed E-state index contributed by atoms with van der Waals surface area (Å²) in [6, 6.07) is -0.184. The molecule has 0 spiro atoms. The molecule has 2 fully saturated rings. The number of hydrogen-bond donors (Lipinski definition) is 3. The average molecular weight is 254 g/mol. The third kappa shape index (κ3) is 2.44. The quantitative estimate of drug-likeness (QED) is 0.715. The van der Waals surface area contributed by atoms with Gasteiger partial charge in [-0.1, -0.05) is 19.8 Å². The predicted molar refractivity (Wildman–Crippen MR) is 67.2 cm³/mol. The van der Waals surface area contributed by atoms with E-state index in [0.29, 0.717) is 12.3 Å². The van der Waals surface area contributed by atoms with Crippen molar-refractivity contribution in [3.05, 3.63) is 0 Å². The van der Waals surface area contributed by atoms with Crippen LogP contribution < -0.4 is 10.6 Å². The number of carboxylic acids is 1. The number of carboxylic acid groups (broad SMARTS) is 1. The fraction of sp³-hybridized carbons (Fsp3) is 0.846. The first-order valence-corrected chi connectivity index (χ1v) is 6.77. The van der Waals surface area contributed by atoms with Crippen LogP contribution in [0.4, 0.5) is 4.79 Å². The molecule has 3 N–H and O–H groups in total. The minimum Gasteiger partial charge on any atom is -0.481 e. The normalized spacial score (nSPS) is 38.2. The Labute approximate surface area is 107 Å². The Morgan fingerprint density at radius 1 is 1.39 bits per heavy atom. The number of rotatable bonds is 4. The first-order valence-electron chi connectivity index (χ1n) is 6.77. The number of carbonyl (C=O) groups excluding carboxylic acids is 1. The van der Waals surface area contributed by atoms with Crippen molar-refractivity contribution in [2.24, 2.45) is 11.3 Å². The molecule has 2 aliphatic rings. The molecule has 0 bridgehead atoms. The van der Waals surface area contributed by atoms with E-state index in [1.54, 1.807) is 6.92 Å². The summed E-state index contributed by atoms with van der Waals surface area (Å²) < 4.78 is 0. The second-order valence-corrected chi connectivity index (χ2v) is 5.80. The molecule has 18 heavy (non-hydrogen) atoms. The molecule has 0 heterocycles. The van der Waals surface area contributed by atoms with Gasteiger partial charge in [-0.2, -0.15) is 0 Å². The number of amides is 2. The van der Waals surface area contributed by atoms with Crippen molar-refractivity contribution in [3.8, 4) is 0 Å². The molecule has 2 amide bonds. The molecule has 0 aliphatic heterocycles. The fourth-order valence-electron chi connectivity index (χ4n) is 2.90. The third-order valence-electron chi connectivity index (χ3n) is 4.52. The van der Waals surface area contributed by atoms with Crippen LogP contribution in [0.3, 0.4) is 0 Å². The van der Waals surface area contributed by atoms with E-state index in [0.717, 1.165) is 25.7 Å². The van der Waals surface area contributed by atoms with E-state index in [4.69, 9.17) is 0 Å². The van der Waals surface area contributed by atoms with E-state index in [9.17, 15) is 14.7 Å². The van der Waals surface area contributed by atoms with E-state index >= 15 is 0 Å². The molecule has 2 rings (SSSR count). The molecular weight excluding hydrogens is 232 g/mol. The summed E-state index contributed by atoms with van der Waals surface area (Å²) in [5.74, 6) is -0.214. The first kappa shape index (κ1) is 13.2. The largest absolute Gasteiger partial charge is 0.481 e. The molecule has 4 unspecified atom stereocenters. The number of hydrogen-bond acceptors (Lipinski definition) is 2. The van der Waals surface area contributed by atoms with Gasteiger partial charge in [0, 0.05) is 12.1 Å². The van der Waals surface area contributed by atoms with Gasteiger partial charge in [0.05, 0.1) is 5.41 Å². The lowest BCUT2D eigenvalue weighted by Crippen LogP contribution is -2.50. The fourth-order valence-corrected chi connectivity index (χ4v) is 2.90. The lowest BCUT2D eigenvalue weighted by Gasteiger charge is -2.27. The predicted octanol–water partition coefficient (Wildman–Crippen LogP) is 1.73. The van der Waals surface area contributed by atoms with Crippen LogP contribution in [0.15, 0.2) is 0 Å². The number of nitrogens with one attached hydrogen (secondary N) is 2. The van der Waals surface area contributed by atoms with E-state index in [1.807, 2.05) is 0 Å². The topological polar surface area (TPSA) is 78.4 Å². The van der Waals surface area contributed by atoms with Gasteiger partial charge < -0.3 is 15.7 Å². The highest BCUT2D eigenvalue weighted by Crippen LogP contribution is 2.38. The Morgan fingerprint density at radius 3 is 2.67 bits per heavy atom. The van der Waals surface area contributed by atoms with Crippen LogP contribution in [0.2, 0.25) is 0 Å². The first-order chi connectivity index (χ1) is 8.47. The van der Waals surface area contributed by atoms with E-state index in [1.165, 1.54) is 0 Å². The zero-order valence-corrected chi connectivity index (χ0v) is 11.0. The zero-order valence-electron chi connectivity index (χ0n) is 11.0. The molecule has 5 nitrogen and oxygen atoms in total. The highest BCUT2D eigenvalue weighted by Gasteiger charge is 2.46. The molecule has 102 valence electrons. The van der Waals surface area contributed by atoms with Crippen molar-refractivity contribution in [2.75, 3.05) is 0 Å². The monoisotopic (exact) mass is 254 g/mol. The van der Waals surface area contributed by atoms with E-state index in [2.05, 4.69) is 17.6 Å². The number of urea groups is 1. The van der Waals surface area contributed by atoms with Crippen LogP contribution in [-0.4, -0.2) is 29.2 Å². The Hall–Kier alpha value is -1.26. The summed E-state index contributed by atoms with van der Waals surface area (Å²) >= 11 is 0. The summed E-state index contributed by atoms with van der Waals surface area (Å²) in [5.41, 5.74) is -0.814. The van der Waals surface area contributed by atoms with Gasteiger partial charge in [0.2, 0.25) is 0 Å². The molecule has 0 saturated heterocycles. The van der Waals surface area contributed by atoms with Gasteiger partial charge in [-0.15, -0.1) is 0 Å². The van der Waals surface area contributed by atoms with Crippen molar-refractivity contribution in [1.29, 1.82) is 0 Å². The summed E-state index contributed by atoms with van der Waals surface area (Å²) in [6.45, 7) is 3.84. The lowest BCUT2D eigenvalue weighted by molar-refractivity contribution is -0.148. The second-order valence-electron chi connectivity index (χ2n) is 5.80. The van der Waals surface area contributed by atoms with Gasteiger partial charge in [0.15, 0.2) is 0 Å². The van der Waals surface area contributed by atoms with Crippen LogP contribution in [0.1, 0.15) is 46.0 Å². The maximum atomic E-state index is 11.8. The minimum atomic E-state index is -0.817. The summed E-state index contributed by atoms with van der Waals surface area (Å²) in [6.07, 6.45) is 4.37. The third-order valence-corrected chi connectivity index (χ3v) is 4.52. The smallest absolute Gasteiger partial charge is 0.315 e. The molecule has 5 heteroatoms. The highest BCUT2D eigenvalue weighted by molar-refractivity contribution is 5.79. The number of carbonyl (C=O) groups is 2. The van der Waals surface area contributed by atoms with Gasteiger partial charge in [-0.3, -0.25) is 4.79 Å². The standard InChI is InChI=1S/C13H22N2O3/c1-3-8-7-9(8)14-12(18)15-10-5-4-6-13(10,2)11(16)17/h8-10H,3-7H2,1-2H3,(H,16,17)(H2,14,15,18). The van der Waals surface area contributed by atoms with E-state index in [-0.39, 0.29) is 18.1 Å². The Kier molecular flexibility index (Phi) is 3.50. The maximum absolute atomic E-state index is 11.8. The second kappa shape index (κ2) is 4.78. The lowest BCUT2D eigenvalue weighted by atomic mass is 9.85. The van der Waals surface area contributed by atoms with Crippen LogP contribution in [0.25, 0.3) is 0 Å². The molecule has 2 aliphatic carbocycles. The Bertz CT molecular complexity index is 358. The van der Waals surface area contributed by atoms with Crippen molar-refractivity contribution in [2.45, 2.75) is 58.0 Å². The van der Waals surface area contributed by atoms with Gasteiger partial charge in [-0.05, 0) is 32.1 Å². The van der Waals surface area contributed by atoms with Crippen molar-refractivity contribution < 1.29 is 14.7 Å². The van der Waals surface area contributed by atoms with Crippen molar-refractivity contribution in [3.63, 3.8) is 0 Å². The van der Waals surface area contributed by atoms with Crippen molar-refractivity contribution >= 4 is 12.0 Å². The molecule has 0 radical (unpaired) electrons. The summed E-state index contributed by atoms with van der Waals surface area (Å²) in [4.78, 5) is 23.1.